The quantitative estimate of drug-likeness (QED) is 0.806. The second-order valence-electron chi connectivity index (χ2n) is 3.84. The van der Waals surface area contributed by atoms with Crippen molar-refractivity contribution in [3.63, 3.8) is 0 Å². The number of nitrogens with zero attached hydrogens (tertiary/aromatic N) is 1. The molecule has 2 nitrogen and oxygen atoms in total. The van der Waals surface area contributed by atoms with E-state index in [9.17, 15) is 5.11 Å². The Labute approximate surface area is 90.2 Å². The van der Waals surface area contributed by atoms with Gasteiger partial charge in [0.15, 0.2) is 0 Å². The molecule has 0 fully saturated rings. The van der Waals surface area contributed by atoms with Gasteiger partial charge >= 0.3 is 0 Å². The van der Waals surface area contributed by atoms with E-state index in [0.29, 0.717) is 0 Å². The van der Waals surface area contributed by atoms with E-state index < -0.39 is 0 Å². The lowest BCUT2D eigenvalue weighted by molar-refractivity contribution is 0.138. The van der Waals surface area contributed by atoms with Gasteiger partial charge in [-0.25, -0.2) is 0 Å². The smallest absolute Gasteiger partial charge is 0.0715 e. The monoisotopic (exact) mass is 213 g/mol. The highest BCUT2D eigenvalue weighted by Crippen LogP contribution is 2.18. The van der Waals surface area contributed by atoms with Crippen LogP contribution in [0.1, 0.15) is 16.7 Å². The molecule has 3 heteroatoms. The lowest BCUT2D eigenvalue weighted by Gasteiger charge is -2.14. The van der Waals surface area contributed by atoms with Gasteiger partial charge in [0.25, 0.3) is 0 Å². The lowest BCUT2D eigenvalue weighted by atomic mass is 10.2. The lowest BCUT2D eigenvalue weighted by Crippen LogP contribution is -2.27. The van der Waals surface area contributed by atoms with E-state index in [-0.39, 0.29) is 6.10 Å². The first-order valence-corrected chi connectivity index (χ1v) is 5.83. The summed E-state index contributed by atoms with van der Waals surface area (Å²) in [5.74, 6) is 0. The van der Waals surface area contributed by atoms with Crippen molar-refractivity contribution in [3.05, 3.63) is 21.9 Å². The van der Waals surface area contributed by atoms with Gasteiger partial charge in [-0.1, -0.05) is 6.92 Å². The third kappa shape index (κ3) is 3.78. The Morgan fingerprint density at radius 2 is 2.00 bits per heavy atom. The third-order valence-corrected chi connectivity index (χ3v) is 3.33. The molecular formula is C11H19NOS. The van der Waals surface area contributed by atoms with E-state index in [1.165, 1.54) is 9.75 Å². The fourth-order valence-electron chi connectivity index (χ4n) is 1.44. The van der Waals surface area contributed by atoms with Crippen LogP contribution >= 0.6 is 11.3 Å². The van der Waals surface area contributed by atoms with Gasteiger partial charge in [0.05, 0.1) is 6.10 Å². The van der Waals surface area contributed by atoms with Gasteiger partial charge < -0.3 is 10.0 Å². The summed E-state index contributed by atoms with van der Waals surface area (Å²) >= 11 is 1.81. The molecule has 1 aromatic heterocycles. The molecule has 1 aromatic rings. The van der Waals surface area contributed by atoms with Gasteiger partial charge in [-0.15, -0.1) is 11.3 Å². The molecule has 0 aliphatic rings. The van der Waals surface area contributed by atoms with E-state index in [4.69, 9.17) is 0 Å². The molecule has 0 spiro atoms. The van der Waals surface area contributed by atoms with Crippen molar-refractivity contribution in [1.82, 2.24) is 4.90 Å². The Bertz CT molecular complexity index is 270. The maximum absolute atomic E-state index is 9.72. The van der Waals surface area contributed by atoms with Crippen molar-refractivity contribution in [2.45, 2.75) is 25.9 Å². The van der Waals surface area contributed by atoms with Crippen LogP contribution in [0.5, 0.6) is 0 Å². The van der Waals surface area contributed by atoms with Crippen LogP contribution in [0.4, 0.5) is 0 Å². The predicted molar refractivity (Wildman–Crippen MR) is 62.0 cm³/mol. The van der Waals surface area contributed by atoms with Gasteiger partial charge in [0, 0.05) is 22.7 Å². The maximum Gasteiger partial charge on any atom is 0.0715 e. The first kappa shape index (κ1) is 11.7. The SMILES string of the molecule is CCc1ccc(CC(O)CN(C)C)s1. The molecule has 1 atom stereocenters. The molecule has 1 heterocycles. The minimum absolute atomic E-state index is 0.242. The standard InChI is InChI=1S/C11H19NOS/c1-4-10-5-6-11(14-10)7-9(13)8-12(2)3/h5-6,9,13H,4,7-8H2,1-3H3. The first-order valence-electron chi connectivity index (χ1n) is 5.02. The number of rotatable bonds is 5. The number of likely N-dealkylation sites (N-methyl/N-ethyl adjacent to an activating group) is 1. The van der Waals surface area contributed by atoms with Crippen molar-refractivity contribution in [3.8, 4) is 0 Å². The molecule has 1 rings (SSSR count). The molecule has 0 bridgehead atoms. The van der Waals surface area contributed by atoms with Crippen LogP contribution in [0.3, 0.4) is 0 Å². The van der Waals surface area contributed by atoms with Crippen LogP contribution in [0.25, 0.3) is 0 Å². The molecule has 0 saturated carbocycles. The van der Waals surface area contributed by atoms with Gasteiger partial charge in [-0.2, -0.15) is 0 Å². The summed E-state index contributed by atoms with van der Waals surface area (Å²) in [6, 6.07) is 4.28. The number of hydrogen-bond acceptors (Lipinski definition) is 3. The average molecular weight is 213 g/mol. The van der Waals surface area contributed by atoms with Gasteiger partial charge in [0.1, 0.15) is 0 Å². The summed E-state index contributed by atoms with van der Waals surface area (Å²) in [6.07, 6.45) is 1.63. The molecule has 0 aliphatic carbocycles. The zero-order valence-corrected chi connectivity index (χ0v) is 9.97. The summed E-state index contributed by atoms with van der Waals surface area (Å²) in [4.78, 5) is 4.70. The summed E-state index contributed by atoms with van der Waals surface area (Å²) in [7, 11) is 3.96. The zero-order valence-electron chi connectivity index (χ0n) is 9.16. The Morgan fingerprint density at radius 1 is 1.36 bits per heavy atom. The van der Waals surface area contributed by atoms with Crippen LogP contribution < -0.4 is 0 Å². The molecule has 14 heavy (non-hydrogen) atoms. The molecular weight excluding hydrogens is 194 g/mol. The van der Waals surface area contributed by atoms with Crippen molar-refractivity contribution in [2.75, 3.05) is 20.6 Å². The topological polar surface area (TPSA) is 23.5 Å². The number of hydrogen-bond donors (Lipinski definition) is 1. The highest BCUT2D eigenvalue weighted by molar-refractivity contribution is 7.11. The molecule has 0 saturated heterocycles. The van der Waals surface area contributed by atoms with Gasteiger partial charge in [-0.05, 0) is 32.6 Å². The first-order chi connectivity index (χ1) is 6.61. The second-order valence-corrected chi connectivity index (χ2v) is 5.09. The molecule has 1 unspecified atom stereocenters. The Morgan fingerprint density at radius 3 is 2.50 bits per heavy atom. The molecule has 0 aromatic carbocycles. The number of aliphatic hydroxyl groups excluding tert-OH is 1. The fourth-order valence-corrected chi connectivity index (χ4v) is 2.47. The highest BCUT2D eigenvalue weighted by atomic mass is 32.1. The Kier molecular flexibility index (Phi) is 4.58. The van der Waals surface area contributed by atoms with E-state index >= 15 is 0 Å². The summed E-state index contributed by atoms with van der Waals surface area (Å²) in [5.41, 5.74) is 0. The van der Waals surface area contributed by atoms with Gasteiger partial charge in [0.2, 0.25) is 0 Å². The van der Waals surface area contributed by atoms with E-state index in [1.807, 2.05) is 30.3 Å². The summed E-state index contributed by atoms with van der Waals surface area (Å²) in [5, 5.41) is 9.72. The van der Waals surface area contributed by atoms with Crippen LogP contribution in [0.15, 0.2) is 12.1 Å². The number of thiophene rings is 1. The van der Waals surface area contributed by atoms with Crippen LogP contribution in [0.2, 0.25) is 0 Å². The highest BCUT2D eigenvalue weighted by Gasteiger charge is 2.08. The Hall–Kier alpha value is -0.380. The minimum atomic E-state index is -0.242. The average Bonchev–Trinajstić information content (AvgIpc) is 2.50. The van der Waals surface area contributed by atoms with Crippen LogP contribution in [0, 0.1) is 0 Å². The van der Waals surface area contributed by atoms with E-state index in [0.717, 1.165) is 19.4 Å². The van der Waals surface area contributed by atoms with E-state index in [1.54, 1.807) is 0 Å². The van der Waals surface area contributed by atoms with Crippen molar-refractivity contribution < 1.29 is 5.11 Å². The van der Waals surface area contributed by atoms with E-state index in [2.05, 4.69) is 19.1 Å². The Balaban J connectivity index is 2.43. The minimum Gasteiger partial charge on any atom is -0.391 e. The second kappa shape index (κ2) is 5.49. The number of aliphatic hydroxyl groups is 1. The third-order valence-electron chi connectivity index (χ3n) is 2.08. The largest absolute Gasteiger partial charge is 0.391 e. The predicted octanol–water partition coefficient (Wildman–Crippen LogP) is 1.78. The zero-order chi connectivity index (χ0) is 10.6. The van der Waals surface area contributed by atoms with Crippen LogP contribution in [-0.2, 0) is 12.8 Å². The molecule has 0 amide bonds. The van der Waals surface area contributed by atoms with Gasteiger partial charge in [-0.3, -0.25) is 0 Å². The molecule has 80 valence electrons. The molecule has 0 radical (unpaired) electrons. The number of aryl methyl sites for hydroxylation is 1. The van der Waals surface area contributed by atoms with Crippen LogP contribution in [-0.4, -0.2) is 36.8 Å². The fraction of sp³-hybridized carbons (Fsp3) is 0.636. The normalized spacial score (nSPS) is 13.5. The van der Waals surface area contributed by atoms with Crippen molar-refractivity contribution in [1.29, 1.82) is 0 Å². The van der Waals surface area contributed by atoms with Crippen molar-refractivity contribution >= 4 is 11.3 Å². The summed E-state index contributed by atoms with van der Waals surface area (Å²) < 4.78 is 0. The van der Waals surface area contributed by atoms with Crippen molar-refractivity contribution in [2.24, 2.45) is 0 Å². The molecule has 0 aliphatic heterocycles. The maximum atomic E-state index is 9.72. The summed E-state index contributed by atoms with van der Waals surface area (Å²) in [6.45, 7) is 2.89. The molecule has 1 N–H and O–H groups in total.